The smallest absolute Gasteiger partial charge is 0.231 e. The van der Waals surface area contributed by atoms with E-state index in [1.54, 1.807) is 29.4 Å². The van der Waals surface area contributed by atoms with Gasteiger partial charge in [-0.25, -0.2) is 4.98 Å². The van der Waals surface area contributed by atoms with Gasteiger partial charge in [-0.1, -0.05) is 0 Å². The molecule has 0 unspecified atom stereocenters. The van der Waals surface area contributed by atoms with Gasteiger partial charge < -0.3 is 19.7 Å². The molecular formula is C15H14BrN3O4. The van der Waals surface area contributed by atoms with Crippen molar-refractivity contribution in [3.63, 3.8) is 0 Å². The van der Waals surface area contributed by atoms with Crippen LogP contribution in [0.25, 0.3) is 0 Å². The number of nitrogens with one attached hydrogen (secondary N) is 1. The van der Waals surface area contributed by atoms with E-state index in [4.69, 9.17) is 4.42 Å². The van der Waals surface area contributed by atoms with Crippen molar-refractivity contribution in [1.29, 1.82) is 0 Å². The number of likely N-dealkylation sites (tertiary alicyclic amines) is 1. The number of hydrogen-bond acceptors (Lipinski definition) is 5. The quantitative estimate of drug-likeness (QED) is 0.793. The van der Waals surface area contributed by atoms with Gasteiger partial charge in [0, 0.05) is 13.0 Å². The maximum atomic E-state index is 12.3. The Morgan fingerprint density at radius 3 is 3.04 bits per heavy atom. The summed E-state index contributed by atoms with van der Waals surface area (Å²) in [6, 6.07) is 6.52. The first kappa shape index (κ1) is 15.5. The van der Waals surface area contributed by atoms with Crippen LogP contribution in [0.5, 0.6) is 5.75 Å². The van der Waals surface area contributed by atoms with E-state index in [1.165, 1.54) is 6.07 Å². The molecule has 1 aliphatic heterocycles. The van der Waals surface area contributed by atoms with Crippen molar-refractivity contribution in [3.05, 3.63) is 40.9 Å². The van der Waals surface area contributed by atoms with E-state index in [1.807, 2.05) is 0 Å². The number of carbonyl (C=O) groups excluding carboxylic acids is 2. The van der Waals surface area contributed by atoms with Crippen molar-refractivity contribution < 1.29 is 19.1 Å². The molecule has 1 saturated heterocycles. The summed E-state index contributed by atoms with van der Waals surface area (Å²) in [5.41, 5.74) is 0. The summed E-state index contributed by atoms with van der Waals surface area (Å²) in [7, 11) is 0. The fourth-order valence-electron chi connectivity index (χ4n) is 2.43. The minimum atomic E-state index is -0.488. The highest BCUT2D eigenvalue weighted by atomic mass is 79.9. The summed E-state index contributed by atoms with van der Waals surface area (Å²) in [6.45, 7) is 0.649. The zero-order valence-corrected chi connectivity index (χ0v) is 13.6. The summed E-state index contributed by atoms with van der Waals surface area (Å²) in [5, 5.41) is 12.3. The van der Waals surface area contributed by atoms with Gasteiger partial charge in [0.15, 0.2) is 11.6 Å². The van der Waals surface area contributed by atoms with Crippen LogP contribution in [0.4, 0.5) is 5.82 Å². The molecule has 2 aromatic rings. The summed E-state index contributed by atoms with van der Waals surface area (Å²) in [4.78, 5) is 29.9. The molecule has 2 N–H and O–H groups in total. The first-order chi connectivity index (χ1) is 11.0. The molecule has 7 nitrogen and oxygen atoms in total. The molecule has 3 rings (SSSR count). The zero-order chi connectivity index (χ0) is 16.4. The fourth-order valence-corrected chi connectivity index (χ4v) is 2.74. The minimum absolute atomic E-state index is 0.0707. The first-order valence-corrected chi connectivity index (χ1v) is 7.79. The molecule has 0 saturated carbocycles. The normalized spacial score (nSPS) is 17.5. The molecule has 1 aliphatic rings. The molecule has 2 amide bonds. The second-order valence-corrected chi connectivity index (χ2v) is 6.06. The van der Waals surface area contributed by atoms with Crippen LogP contribution in [-0.4, -0.2) is 33.3 Å². The Hall–Kier alpha value is -2.35. The lowest BCUT2D eigenvalue weighted by atomic mass is 10.1. The molecule has 1 fully saturated rings. The maximum absolute atomic E-state index is 12.3. The van der Waals surface area contributed by atoms with Gasteiger partial charge in [0.05, 0.1) is 18.7 Å². The number of amides is 2. The van der Waals surface area contributed by atoms with E-state index in [2.05, 4.69) is 26.2 Å². The van der Waals surface area contributed by atoms with Crippen LogP contribution in [0.3, 0.4) is 0 Å². The summed E-state index contributed by atoms with van der Waals surface area (Å²) in [5.74, 6) is -0.322. The Morgan fingerprint density at radius 1 is 1.48 bits per heavy atom. The predicted molar refractivity (Wildman–Crippen MR) is 84.5 cm³/mol. The van der Waals surface area contributed by atoms with Crippen LogP contribution in [0.15, 0.2) is 39.5 Å². The second kappa shape index (κ2) is 6.41. The number of aromatic hydroxyl groups is 1. The third kappa shape index (κ3) is 3.53. The van der Waals surface area contributed by atoms with Crippen molar-refractivity contribution in [2.45, 2.75) is 13.0 Å². The number of aromatic nitrogens is 1. The average molecular weight is 380 g/mol. The number of furan rings is 1. The third-order valence-electron chi connectivity index (χ3n) is 3.59. The predicted octanol–water partition coefficient (Wildman–Crippen LogP) is 2.13. The topological polar surface area (TPSA) is 95.7 Å². The largest absolute Gasteiger partial charge is 0.504 e. The van der Waals surface area contributed by atoms with Gasteiger partial charge in [-0.3, -0.25) is 9.59 Å². The Balaban J connectivity index is 1.64. The van der Waals surface area contributed by atoms with Crippen LogP contribution < -0.4 is 5.32 Å². The number of nitrogens with zero attached hydrogens (tertiary/aromatic N) is 2. The van der Waals surface area contributed by atoms with E-state index in [0.717, 1.165) is 0 Å². The van der Waals surface area contributed by atoms with Gasteiger partial charge in [0.25, 0.3) is 0 Å². The monoisotopic (exact) mass is 379 g/mol. The lowest BCUT2D eigenvalue weighted by Gasteiger charge is -2.15. The summed E-state index contributed by atoms with van der Waals surface area (Å²) < 4.78 is 5.71. The fraction of sp³-hybridized carbons (Fsp3) is 0.267. The van der Waals surface area contributed by atoms with E-state index in [-0.39, 0.29) is 29.8 Å². The van der Waals surface area contributed by atoms with Gasteiger partial charge in [-0.05, 0) is 40.2 Å². The molecule has 0 spiro atoms. The van der Waals surface area contributed by atoms with E-state index < -0.39 is 5.92 Å². The average Bonchev–Trinajstić information content (AvgIpc) is 3.14. The second-order valence-electron chi connectivity index (χ2n) is 5.25. The molecule has 8 heteroatoms. The Bertz CT molecular complexity index is 732. The van der Waals surface area contributed by atoms with Gasteiger partial charge >= 0.3 is 0 Å². The standard InChI is InChI=1S/C15H14BrN3O4/c16-12-4-3-11(20)14(17-12)18-15(22)9-6-13(21)19(7-9)8-10-2-1-5-23-10/h1-5,9,20H,6-8H2,(H,17,18,22)/t9-/m1/s1. The van der Waals surface area contributed by atoms with E-state index in [0.29, 0.717) is 23.5 Å². The van der Waals surface area contributed by atoms with Crippen molar-refractivity contribution >= 4 is 33.6 Å². The number of rotatable bonds is 4. The van der Waals surface area contributed by atoms with Crippen LogP contribution in [-0.2, 0) is 16.1 Å². The van der Waals surface area contributed by atoms with Crippen LogP contribution >= 0.6 is 15.9 Å². The zero-order valence-electron chi connectivity index (χ0n) is 12.0. The van der Waals surface area contributed by atoms with Crippen LogP contribution in [0.1, 0.15) is 12.2 Å². The maximum Gasteiger partial charge on any atom is 0.231 e. The number of pyridine rings is 1. The Labute approximate surface area is 140 Å². The highest BCUT2D eigenvalue weighted by Crippen LogP contribution is 2.26. The molecular weight excluding hydrogens is 366 g/mol. The van der Waals surface area contributed by atoms with Gasteiger partial charge in [0.2, 0.25) is 11.8 Å². The van der Waals surface area contributed by atoms with Crippen LogP contribution in [0, 0.1) is 5.92 Å². The first-order valence-electron chi connectivity index (χ1n) is 6.99. The molecule has 0 aliphatic carbocycles. The SMILES string of the molecule is O=C(Nc1nc(Br)ccc1O)[C@@H]1CC(=O)N(Cc2ccco2)C1. The molecule has 1 atom stereocenters. The molecule has 23 heavy (non-hydrogen) atoms. The van der Waals surface area contributed by atoms with Crippen molar-refractivity contribution in [2.24, 2.45) is 5.92 Å². The van der Waals surface area contributed by atoms with Crippen LogP contribution in [0.2, 0.25) is 0 Å². The van der Waals surface area contributed by atoms with Crippen molar-refractivity contribution in [3.8, 4) is 5.75 Å². The lowest BCUT2D eigenvalue weighted by molar-refractivity contribution is -0.128. The highest BCUT2D eigenvalue weighted by molar-refractivity contribution is 9.10. The molecule has 0 aromatic carbocycles. The van der Waals surface area contributed by atoms with Gasteiger partial charge in [-0.15, -0.1) is 0 Å². The molecule has 3 heterocycles. The lowest BCUT2D eigenvalue weighted by Crippen LogP contribution is -2.28. The molecule has 0 radical (unpaired) electrons. The molecule has 2 aromatic heterocycles. The number of hydrogen-bond donors (Lipinski definition) is 2. The number of anilines is 1. The minimum Gasteiger partial charge on any atom is -0.504 e. The summed E-state index contributed by atoms with van der Waals surface area (Å²) >= 11 is 3.18. The molecule has 120 valence electrons. The number of halogens is 1. The Kier molecular flexibility index (Phi) is 4.33. The highest BCUT2D eigenvalue weighted by Gasteiger charge is 2.35. The third-order valence-corrected chi connectivity index (χ3v) is 4.04. The van der Waals surface area contributed by atoms with Crippen molar-refractivity contribution in [1.82, 2.24) is 9.88 Å². The summed E-state index contributed by atoms with van der Waals surface area (Å²) in [6.07, 6.45) is 1.67. The molecule has 0 bridgehead atoms. The number of carbonyl (C=O) groups is 2. The van der Waals surface area contributed by atoms with Gasteiger partial charge in [0.1, 0.15) is 10.4 Å². The van der Waals surface area contributed by atoms with Crippen molar-refractivity contribution in [2.75, 3.05) is 11.9 Å². The van der Waals surface area contributed by atoms with E-state index in [9.17, 15) is 14.7 Å². The van der Waals surface area contributed by atoms with Gasteiger partial charge in [-0.2, -0.15) is 0 Å². The Morgan fingerprint density at radius 2 is 2.30 bits per heavy atom. The van der Waals surface area contributed by atoms with E-state index >= 15 is 0 Å².